The Labute approximate surface area is 30.4 Å². The van der Waals surface area contributed by atoms with Gasteiger partial charge in [-0.25, -0.2) is 0 Å². The fraction of sp³-hybridized carbons (Fsp3) is 0.333. The summed E-state index contributed by atoms with van der Waals surface area (Å²) in [6.07, 6.45) is 0. The minimum absolute atomic E-state index is 0.440. The molecule has 0 atom stereocenters. The first kappa shape index (κ1) is 4.50. The van der Waals surface area contributed by atoms with Crippen LogP contribution in [0.25, 0.3) is 0 Å². The number of hydrogen-bond acceptors (Lipinski definition) is 2. The molecule has 2 heteroatoms. The van der Waals surface area contributed by atoms with Gasteiger partial charge < -0.3 is 10.2 Å². The Balaban J connectivity index is 2.85. The van der Waals surface area contributed by atoms with E-state index >= 15 is 0 Å². The first-order chi connectivity index (χ1) is 2.27. The van der Waals surface area contributed by atoms with Crippen LogP contribution in [0.15, 0.2) is 12.3 Å². The van der Waals surface area contributed by atoms with E-state index in [2.05, 4.69) is 6.58 Å². The molecule has 0 saturated heterocycles. The van der Waals surface area contributed by atoms with E-state index in [0.717, 1.165) is 0 Å². The first-order valence-corrected chi connectivity index (χ1v) is 1.23. The summed E-state index contributed by atoms with van der Waals surface area (Å²) >= 11 is 0. The van der Waals surface area contributed by atoms with Crippen LogP contribution in [-0.2, 0) is 0 Å². The molecule has 0 fully saturated rings. The SMILES string of the molecule is C=C([O-])CO. The maximum atomic E-state index is 9.45. The standard InChI is InChI=1S/C3H6O2/c1-3(5)2-4/h4-5H,1-2H2/p-1. The Morgan fingerprint density at radius 2 is 2.20 bits per heavy atom. The fourth-order valence-corrected chi connectivity index (χ4v) is 0. The van der Waals surface area contributed by atoms with E-state index in [1.807, 2.05) is 0 Å². The number of aliphatic hydroxyl groups is 1. The second kappa shape index (κ2) is 1.79. The summed E-state index contributed by atoms with van der Waals surface area (Å²) in [5.41, 5.74) is 0. The quantitative estimate of drug-likeness (QED) is 0.398. The van der Waals surface area contributed by atoms with Gasteiger partial charge in [-0.1, -0.05) is 0 Å². The highest BCUT2D eigenvalue weighted by Crippen LogP contribution is 1.62. The van der Waals surface area contributed by atoms with Gasteiger partial charge >= 0.3 is 0 Å². The van der Waals surface area contributed by atoms with Gasteiger partial charge in [0.25, 0.3) is 0 Å². The zero-order valence-electron chi connectivity index (χ0n) is 2.77. The van der Waals surface area contributed by atoms with Crippen molar-refractivity contribution in [3.05, 3.63) is 12.3 Å². The Morgan fingerprint density at radius 1 is 2.00 bits per heavy atom. The van der Waals surface area contributed by atoms with E-state index in [0.29, 0.717) is 0 Å². The third-order valence-corrected chi connectivity index (χ3v) is 0.176. The molecule has 0 bridgehead atoms. The maximum Gasteiger partial charge on any atom is 0.0536 e. The molecule has 0 heterocycles. The van der Waals surface area contributed by atoms with Crippen LogP contribution < -0.4 is 5.11 Å². The van der Waals surface area contributed by atoms with Crippen LogP contribution in [-0.4, -0.2) is 11.7 Å². The lowest BCUT2D eigenvalue weighted by molar-refractivity contribution is -0.309. The van der Waals surface area contributed by atoms with Crippen molar-refractivity contribution in [1.82, 2.24) is 0 Å². The van der Waals surface area contributed by atoms with Crippen LogP contribution in [0.2, 0.25) is 0 Å². The smallest absolute Gasteiger partial charge is 0.0536 e. The summed E-state index contributed by atoms with van der Waals surface area (Å²) in [5.74, 6) is -0.440. The van der Waals surface area contributed by atoms with Gasteiger partial charge in [0.05, 0.1) is 6.61 Å². The molecule has 0 aliphatic heterocycles. The predicted molar refractivity (Wildman–Crippen MR) is 16.2 cm³/mol. The molecule has 0 radical (unpaired) electrons. The van der Waals surface area contributed by atoms with Gasteiger partial charge in [0.2, 0.25) is 0 Å². The van der Waals surface area contributed by atoms with Crippen molar-refractivity contribution >= 4 is 0 Å². The third kappa shape index (κ3) is 3.50. The van der Waals surface area contributed by atoms with E-state index in [-0.39, 0.29) is 0 Å². The Morgan fingerprint density at radius 3 is 2.20 bits per heavy atom. The molecule has 2 nitrogen and oxygen atoms in total. The molecule has 5 heavy (non-hydrogen) atoms. The van der Waals surface area contributed by atoms with Crippen molar-refractivity contribution in [1.29, 1.82) is 0 Å². The number of aliphatic hydroxyl groups excluding tert-OH is 1. The summed E-state index contributed by atoms with van der Waals surface area (Å²) in [6.45, 7) is 2.42. The fourth-order valence-electron chi connectivity index (χ4n) is 0. The van der Waals surface area contributed by atoms with Crippen LogP contribution in [0.3, 0.4) is 0 Å². The van der Waals surface area contributed by atoms with Gasteiger partial charge in [-0.05, 0) is 0 Å². The average Bonchev–Trinajstić information content (AvgIpc) is 1.38. The molecule has 0 unspecified atom stereocenters. The molecule has 30 valence electrons. The van der Waals surface area contributed by atoms with Crippen LogP contribution >= 0.6 is 0 Å². The number of rotatable bonds is 1. The zero-order valence-corrected chi connectivity index (χ0v) is 2.77. The van der Waals surface area contributed by atoms with Crippen LogP contribution in [0.1, 0.15) is 0 Å². The highest BCUT2D eigenvalue weighted by Gasteiger charge is 1.58. The highest BCUT2D eigenvalue weighted by molar-refractivity contribution is 4.72. The van der Waals surface area contributed by atoms with Crippen molar-refractivity contribution in [2.24, 2.45) is 0 Å². The lowest BCUT2D eigenvalue weighted by Gasteiger charge is -1.99. The van der Waals surface area contributed by atoms with Crippen LogP contribution in [0, 0.1) is 0 Å². The van der Waals surface area contributed by atoms with Gasteiger partial charge in [-0.2, -0.15) is 0 Å². The third-order valence-electron chi connectivity index (χ3n) is 0.176. The van der Waals surface area contributed by atoms with Gasteiger partial charge in [-0.3, -0.25) is 0 Å². The minimum atomic E-state index is -0.444. The Kier molecular flexibility index (Phi) is 1.61. The van der Waals surface area contributed by atoms with Crippen molar-refractivity contribution in [2.45, 2.75) is 0 Å². The summed E-state index contributed by atoms with van der Waals surface area (Å²) in [6, 6.07) is 0. The summed E-state index contributed by atoms with van der Waals surface area (Å²) in [5, 5.41) is 17.2. The molecule has 0 aromatic carbocycles. The first-order valence-electron chi connectivity index (χ1n) is 1.23. The van der Waals surface area contributed by atoms with Crippen molar-refractivity contribution in [3.63, 3.8) is 0 Å². The molecule has 0 aliphatic rings. The molecule has 0 aromatic rings. The summed E-state index contributed by atoms with van der Waals surface area (Å²) < 4.78 is 0. The lowest BCUT2D eigenvalue weighted by atomic mass is 10.6. The maximum absolute atomic E-state index is 9.45. The van der Waals surface area contributed by atoms with E-state index in [9.17, 15) is 5.11 Å². The average molecular weight is 73.1 g/mol. The van der Waals surface area contributed by atoms with E-state index in [1.165, 1.54) is 0 Å². The summed E-state index contributed by atoms with van der Waals surface area (Å²) in [4.78, 5) is 0. The van der Waals surface area contributed by atoms with E-state index in [4.69, 9.17) is 5.11 Å². The predicted octanol–water partition coefficient (Wildman–Crippen LogP) is -1.15. The zero-order chi connectivity index (χ0) is 4.28. The second-order valence-corrected chi connectivity index (χ2v) is 0.697. The molecule has 0 rings (SSSR count). The molecule has 0 spiro atoms. The van der Waals surface area contributed by atoms with Gasteiger partial charge in [0, 0.05) is 0 Å². The minimum Gasteiger partial charge on any atom is -0.874 e. The molecule has 0 aromatic heterocycles. The normalized spacial score (nSPS) is 7.40. The van der Waals surface area contributed by atoms with Crippen LogP contribution in [0.4, 0.5) is 0 Å². The monoisotopic (exact) mass is 73.0 g/mol. The molecular weight excluding hydrogens is 68.0 g/mol. The molecule has 0 amide bonds. The molecule has 1 N–H and O–H groups in total. The second-order valence-electron chi connectivity index (χ2n) is 0.697. The molecular formula is C3H5O2-. The number of hydrogen-bond donors (Lipinski definition) is 1. The molecule has 0 saturated carbocycles. The largest absolute Gasteiger partial charge is 0.874 e. The highest BCUT2D eigenvalue weighted by atomic mass is 16.3. The lowest BCUT2D eigenvalue weighted by Crippen LogP contribution is -2.04. The van der Waals surface area contributed by atoms with Crippen molar-refractivity contribution in [3.8, 4) is 0 Å². The Hall–Kier alpha value is -0.500. The summed E-state index contributed by atoms with van der Waals surface area (Å²) in [7, 11) is 0. The van der Waals surface area contributed by atoms with E-state index < -0.39 is 12.4 Å². The Bertz CT molecular complexity index is 40.2. The van der Waals surface area contributed by atoms with Crippen molar-refractivity contribution in [2.75, 3.05) is 6.61 Å². The van der Waals surface area contributed by atoms with E-state index in [1.54, 1.807) is 0 Å². The van der Waals surface area contributed by atoms with Gasteiger partial charge in [-0.15, -0.1) is 12.3 Å². The van der Waals surface area contributed by atoms with Gasteiger partial charge in [0.15, 0.2) is 0 Å². The van der Waals surface area contributed by atoms with Gasteiger partial charge in [0.1, 0.15) is 0 Å². The topological polar surface area (TPSA) is 43.3 Å². The van der Waals surface area contributed by atoms with Crippen LogP contribution in [0.5, 0.6) is 0 Å². The van der Waals surface area contributed by atoms with Crippen molar-refractivity contribution < 1.29 is 10.2 Å². The molecule has 0 aliphatic carbocycles.